The van der Waals surface area contributed by atoms with Crippen LogP contribution >= 0.6 is 0 Å². The molecule has 0 unspecified atom stereocenters. The molecule has 0 aliphatic carbocycles. The summed E-state index contributed by atoms with van der Waals surface area (Å²) in [4.78, 5) is 11.9. The molecule has 0 bridgehead atoms. The van der Waals surface area contributed by atoms with E-state index >= 15 is 0 Å². The van der Waals surface area contributed by atoms with Crippen molar-refractivity contribution in [1.29, 1.82) is 0 Å². The van der Waals surface area contributed by atoms with E-state index in [1.165, 1.54) is 17.1 Å². The van der Waals surface area contributed by atoms with Crippen LogP contribution in [0.5, 0.6) is 0 Å². The summed E-state index contributed by atoms with van der Waals surface area (Å²) in [5.74, 6) is -0.851. The second-order valence-electron chi connectivity index (χ2n) is 6.37. The summed E-state index contributed by atoms with van der Waals surface area (Å²) in [5, 5.41) is 14.8. The number of nitrogens with one attached hydrogen (secondary N) is 1. The van der Waals surface area contributed by atoms with Gasteiger partial charge in [-0.2, -0.15) is 23.4 Å². The minimum absolute atomic E-state index is 0.0350. The van der Waals surface area contributed by atoms with E-state index in [1.54, 1.807) is 6.07 Å². The number of nitrogens with zero attached hydrogens (tertiary/aromatic N) is 4. The van der Waals surface area contributed by atoms with E-state index < -0.39 is 17.6 Å². The van der Waals surface area contributed by atoms with Crippen LogP contribution < -0.4 is 5.32 Å². The maximum absolute atomic E-state index is 13.6. The quantitative estimate of drug-likeness (QED) is 0.697. The standard InChI is InChI=1S/C18H13F4N5O/c19-13-5-10(4-12(7-13)18(20,21)22)3-11-6-16(26-24-8-11)27-15-1-2-23-17(28)14(15)9-25-27/h4-9H,1-3H2,(H,23,28). The van der Waals surface area contributed by atoms with Crippen molar-refractivity contribution in [3.05, 3.63) is 70.4 Å². The average molecular weight is 391 g/mol. The average Bonchev–Trinajstić information content (AvgIpc) is 3.06. The number of carbonyl (C=O) groups excluding carboxylic acids is 1. The first kappa shape index (κ1) is 18.1. The summed E-state index contributed by atoms with van der Waals surface area (Å²) in [7, 11) is 0. The molecular weight excluding hydrogens is 378 g/mol. The van der Waals surface area contributed by atoms with Crippen molar-refractivity contribution in [2.45, 2.75) is 19.0 Å². The Morgan fingerprint density at radius 2 is 1.93 bits per heavy atom. The minimum atomic E-state index is -4.63. The fraction of sp³-hybridized carbons (Fsp3) is 0.222. The number of rotatable bonds is 3. The number of carbonyl (C=O) groups is 1. The SMILES string of the molecule is O=C1NCCc2c1cnn2-c1cc(Cc2cc(F)cc(C(F)(F)F)c2)cnn1. The van der Waals surface area contributed by atoms with Gasteiger partial charge >= 0.3 is 6.18 Å². The van der Waals surface area contributed by atoms with Crippen LogP contribution in [-0.4, -0.2) is 32.4 Å². The smallest absolute Gasteiger partial charge is 0.352 e. The van der Waals surface area contributed by atoms with Crippen molar-refractivity contribution < 1.29 is 22.4 Å². The Hall–Kier alpha value is -3.30. The minimum Gasteiger partial charge on any atom is -0.352 e. The van der Waals surface area contributed by atoms with Crippen LogP contribution in [0.15, 0.2) is 36.7 Å². The molecule has 144 valence electrons. The van der Waals surface area contributed by atoms with Gasteiger partial charge < -0.3 is 5.32 Å². The molecule has 1 aliphatic heterocycles. The molecule has 0 atom stereocenters. The van der Waals surface area contributed by atoms with Gasteiger partial charge in [-0.15, -0.1) is 5.10 Å². The lowest BCUT2D eigenvalue weighted by molar-refractivity contribution is -0.137. The number of benzene rings is 1. The summed E-state index contributed by atoms with van der Waals surface area (Å²) >= 11 is 0. The fourth-order valence-electron chi connectivity index (χ4n) is 3.14. The highest BCUT2D eigenvalue weighted by atomic mass is 19.4. The van der Waals surface area contributed by atoms with Gasteiger partial charge in [0.1, 0.15) is 5.82 Å². The second kappa shape index (κ2) is 6.70. The van der Waals surface area contributed by atoms with Gasteiger partial charge in [0.05, 0.1) is 29.2 Å². The molecule has 3 aromatic rings. The molecule has 1 N–H and O–H groups in total. The van der Waals surface area contributed by atoms with Crippen molar-refractivity contribution in [2.24, 2.45) is 0 Å². The van der Waals surface area contributed by atoms with Crippen LogP contribution in [0.1, 0.15) is 32.7 Å². The first-order valence-corrected chi connectivity index (χ1v) is 8.35. The molecule has 0 fully saturated rings. The first-order valence-electron chi connectivity index (χ1n) is 8.35. The van der Waals surface area contributed by atoms with Crippen LogP contribution in [0, 0.1) is 5.82 Å². The predicted molar refractivity (Wildman–Crippen MR) is 89.4 cm³/mol. The maximum Gasteiger partial charge on any atom is 0.416 e. The topological polar surface area (TPSA) is 72.7 Å². The van der Waals surface area contributed by atoms with E-state index in [2.05, 4.69) is 20.6 Å². The molecule has 1 amide bonds. The number of hydrogen-bond acceptors (Lipinski definition) is 4. The molecule has 3 heterocycles. The molecule has 28 heavy (non-hydrogen) atoms. The highest BCUT2D eigenvalue weighted by Crippen LogP contribution is 2.31. The molecule has 0 saturated carbocycles. The zero-order valence-electron chi connectivity index (χ0n) is 14.3. The highest BCUT2D eigenvalue weighted by Gasteiger charge is 2.31. The lowest BCUT2D eigenvalue weighted by Crippen LogP contribution is -2.32. The third kappa shape index (κ3) is 3.45. The van der Waals surface area contributed by atoms with E-state index in [0.29, 0.717) is 41.7 Å². The summed E-state index contributed by atoms with van der Waals surface area (Å²) in [6.45, 7) is 0.466. The van der Waals surface area contributed by atoms with Gasteiger partial charge in [-0.25, -0.2) is 9.07 Å². The number of hydrogen-bond donors (Lipinski definition) is 1. The van der Waals surface area contributed by atoms with E-state index in [-0.39, 0.29) is 17.9 Å². The molecule has 0 radical (unpaired) electrons. The number of alkyl halides is 3. The van der Waals surface area contributed by atoms with Crippen molar-refractivity contribution in [3.63, 3.8) is 0 Å². The van der Waals surface area contributed by atoms with Crippen LogP contribution in [0.3, 0.4) is 0 Å². The molecule has 0 saturated heterocycles. The Balaban J connectivity index is 1.66. The fourth-order valence-corrected chi connectivity index (χ4v) is 3.14. The Kier molecular flexibility index (Phi) is 4.33. The molecule has 6 nitrogen and oxygen atoms in total. The molecule has 0 spiro atoms. The largest absolute Gasteiger partial charge is 0.416 e. The van der Waals surface area contributed by atoms with Gasteiger partial charge in [0.15, 0.2) is 5.82 Å². The van der Waals surface area contributed by atoms with E-state index in [9.17, 15) is 22.4 Å². The predicted octanol–water partition coefficient (Wildman–Crippen LogP) is 2.70. The normalized spacial score (nSPS) is 13.9. The van der Waals surface area contributed by atoms with E-state index in [1.807, 2.05) is 0 Å². The number of fused-ring (bicyclic) bond motifs is 1. The maximum atomic E-state index is 13.6. The van der Waals surface area contributed by atoms with E-state index in [4.69, 9.17) is 0 Å². The van der Waals surface area contributed by atoms with Gasteiger partial charge in [-0.3, -0.25) is 4.79 Å². The van der Waals surface area contributed by atoms with Gasteiger partial charge in [-0.1, -0.05) is 0 Å². The molecule has 2 aromatic heterocycles. The third-order valence-electron chi connectivity index (χ3n) is 4.37. The van der Waals surface area contributed by atoms with Crippen LogP contribution in [0.2, 0.25) is 0 Å². The highest BCUT2D eigenvalue weighted by molar-refractivity contribution is 5.96. The summed E-state index contributed by atoms with van der Waals surface area (Å²) in [6, 6.07) is 4.02. The van der Waals surface area contributed by atoms with Crippen LogP contribution in [-0.2, 0) is 19.0 Å². The van der Waals surface area contributed by atoms with Gasteiger partial charge in [-0.05, 0) is 41.8 Å². The lowest BCUT2D eigenvalue weighted by atomic mass is 10.0. The Morgan fingerprint density at radius 1 is 1.11 bits per heavy atom. The van der Waals surface area contributed by atoms with Crippen LogP contribution in [0.4, 0.5) is 17.6 Å². The summed E-state index contributed by atoms with van der Waals surface area (Å²) in [6.07, 6.45) is -1.21. The van der Waals surface area contributed by atoms with Crippen LogP contribution in [0.25, 0.3) is 5.82 Å². The number of aromatic nitrogens is 4. The van der Waals surface area contributed by atoms with Gasteiger partial charge in [0.25, 0.3) is 5.91 Å². The van der Waals surface area contributed by atoms with Crippen molar-refractivity contribution in [3.8, 4) is 5.82 Å². The zero-order valence-corrected chi connectivity index (χ0v) is 14.3. The first-order chi connectivity index (χ1) is 13.3. The van der Waals surface area contributed by atoms with E-state index in [0.717, 1.165) is 12.1 Å². The summed E-state index contributed by atoms with van der Waals surface area (Å²) in [5.41, 5.74) is 0.775. The summed E-state index contributed by atoms with van der Waals surface area (Å²) < 4.78 is 53.8. The number of amides is 1. The van der Waals surface area contributed by atoms with Crippen molar-refractivity contribution in [1.82, 2.24) is 25.3 Å². The van der Waals surface area contributed by atoms with Crippen molar-refractivity contribution >= 4 is 5.91 Å². The lowest BCUT2D eigenvalue weighted by Gasteiger charge is -2.14. The molecule has 10 heteroatoms. The second-order valence-corrected chi connectivity index (χ2v) is 6.37. The molecule has 4 rings (SSSR count). The zero-order chi connectivity index (χ0) is 19.9. The third-order valence-corrected chi connectivity index (χ3v) is 4.37. The Bertz CT molecular complexity index is 1060. The Labute approximate surface area is 156 Å². The van der Waals surface area contributed by atoms with Gasteiger partial charge in [0, 0.05) is 13.0 Å². The van der Waals surface area contributed by atoms with Gasteiger partial charge in [0.2, 0.25) is 0 Å². The number of halogens is 4. The molecule has 1 aromatic carbocycles. The van der Waals surface area contributed by atoms with Crippen molar-refractivity contribution in [2.75, 3.05) is 6.54 Å². The Morgan fingerprint density at radius 3 is 2.71 bits per heavy atom. The molecule has 1 aliphatic rings. The molecular formula is C18H13F4N5O. The monoisotopic (exact) mass is 391 g/mol.